The zero-order chi connectivity index (χ0) is 17.4. The second kappa shape index (κ2) is 6.32. The third-order valence-corrected chi connectivity index (χ3v) is 5.09. The minimum absolute atomic E-state index is 0.155. The second-order valence-electron chi connectivity index (χ2n) is 5.71. The van der Waals surface area contributed by atoms with Gasteiger partial charge < -0.3 is 14.7 Å². The molecule has 1 N–H and O–H groups in total. The van der Waals surface area contributed by atoms with Crippen molar-refractivity contribution in [1.29, 1.82) is 0 Å². The van der Waals surface area contributed by atoms with E-state index in [2.05, 4.69) is 15.9 Å². The molecule has 0 saturated carbocycles. The van der Waals surface area contributed by atoms with Crippen LogP contribution in [0.5, 0.6) is 5.75 Å². The summed E-state index contributed by atoms with van der Waals surface area (Å²) in [5.41, 5.74) is 3.17. The highest BCUT2D eigenvalue weighted by Crippen LogP contribution is 2.31. The minimum Gasteiger partial charge on any atom is -0.495 e. The first-order chi connectivity index (χ1) is 11.4. The fourth-order valence-corrected chi connectivity index (χ4v) is 3.30. The van der Waals surface area contributed by atoms with Crippen LogP contribution in [0.1, 0.15) is 16.8 Å². The molecule has 0 fully saturated rings. The number of ether oxygens (including phenoxy) is 1. The van der Waals surface area contributed by atoms with Crippen LogP contribution in [0, 0.1) is 6.92 Å². The summed E-state index contributed by atoms with van der Waals surface area (Å²) in [7, 11) is 1.56. The molecular weight excluding hydrogens is 376 g/mol. The Kier molecular flexibility index (Phi) is 4.36. The summed E-state index contributed by atoms with van der Waals surface area (Å²) >= 11 is 3.47. The molecule has 0 saturated heterocycles. The summed E-state index contributed by atoms with van der Waals surface area (Å²) in [6, 6.07) is 6.92. The zero-order valence-corrected chi connectivity index (χ0v) is 15.0. The van der Waals surface area contributed by atoms with Gasteiger partial charge in [-0.15, -0.1) is 0 Å². The lowest BCUT2D eigenvalue weighted by Crippen LogP contribution is -2.38. The highest BCUT2D eigenvalue weighted by atomic mass is 79.9. The maximum absolute atomic E-state index is 12.5. The fourth-order valence-electron chi connectivity index (χ4n) is 2.97. The number of carbonyl (C=O) groups is 1. The SMILES string of the molecule is COc1cc(Br)c(C)cc1-n1c2c(ccc1=O)CN(C(=O)O)CC2. The zero-order valence-electron chi connectivity index (χ0n) is 13.4. The molecule has 0 atom stereocenters. The monoisotopic (exact) mass is 392 g/mol. The van der Waals surface area contributed by atoms with Crippen LogP contribution in [-0.2, 0) is 13.0 Å². The fraction of sp³-hybridized carbons (Fsp3) is 0.294. The van der Waals surface area contributed by atoms with Crippen molar-refractivity contribution in [1.82, 2.24) is 9.47 Å². The molecule has 2 heterocycles. The number of aromatic nitrogens is 1. The van der Waals surface area contributed by atoms with Crippen LogP contribution in [0.25, 0.3) is 5.69 Å². The van der Waals surface area contributed by atoms with Gasteiger partial charge in [-0.3, -0.25) is 9.36 Å². The summed E-state index contributed by atoms with van der Waals surface area (Å²) in [6.07, 6.45) is -0.467. The van der Waals surface area contributed by atoms with E-state index in [0.717, 1.165) is 21.3 Å². The molecule has 0 unspecified atom stereocenters. The van der Waals surface area contributed by atoms with Gasteiger partial charge >= 0.3 is 6.09 Å². The number of halogens is 1. The highest BCUT2D eigenvalue weighted by molar-refractivity contribution is 9.10. The van der Waals surface area contributed by atoms with Crippen LogP contribution in [0.15, 0.2) is 33.5 Å². The molecule has 1 aliphatic rings. The topological polar surface area (TPSA) is 71.8 Å². The third-order valence-electron chi connectivity index (χ3n) is 4.24. The molecule has 0 bridgehead atoms. The van der Waals surface area contributed by atoms with Crippen molar-refractivity contribution in [2.45, 2.75) is 19.9 Å². The summed E-state index contributed by atoms with van der Waals surface area (Å²) < 4.78 is 7.98. The molecule has 1 aromatic carbocycles. The first kappa shape index (κ1) is 16.6. The predicted octanol–water partition coefficient (Wildman–Crippen LogP) is 2.95. The van der Waals surface area contributed by atoms with E-state index < -0.39 is 6.09 Å². The predicted molar refractivity (Wildman–Crippen MR) is 93.2 cm³/mol. The van der Waals surface area contributed by atoms with Gasteiger partial charge in [-0.25, -0.2) is 4.79 Å². The Morgan fingerprint density at radius 1 is 1.33 bits per heavy atom. The summed E-state index contributed by atoms with van der Waals surface area (Å²) in [6.45, 7) is 2.59. The van der Waals surface area contributed by atoms with Gasteiger partial charge in [-0.2, -0.15) is 0 Å². The Morgan fingerprint density at radius 3 is 2.75 bits per heavy atom. The average molecular weight is 393 g/mol. The van der Waals surface area contributed by atoms with E-state index in [9.17, 15) is 14.7 Å². The summed E-state index contributed by atoms with van der Waals surface area (Å²) in [4.78, 5) is 25.1. The maximum atomic E-state index is 12.5. The number of carboxylic acid groups (broad SMARTS) is 1. The van der Waals surface area contributed by atoms with E-state index in [4.69, 9.17) is 4.74 Å². The van der Waals surface area contributed by atoms with E-state index in [0.29, 0.717) is 24.4 Å². The molecule has 3 rings (SSSR count). The molecule has 7 heteroatoms. The van der Waals surface area contributed by atoms with Gasteiger partial charge in [-0.1, -0.05) is 15.9 Å². The van der Waals surface area contributed by atoms with Crippen LogP contribution in [0.2, 0.25) is 0 Å². The molecular formula is C17H17BrN2O4. The van der Waals surface area contributed by atoms with E-state index in [1.807, 2.05) is 19.1 Å². The Hall–Kier alpha value is -2.28. The number of methoxy groups -OCH3 is 1. The number of nitrogens with zero attached hydrogens (tertiary/aromatic N) is 2. The lowest BCUT2D eigenvalue weighted by Gasteiger charge is -2.28. The lowest BCUT2D eigenvalue weighted by molar-refractivity contribution is 0.139. The number of benzene rings is 1. The van der Waals surface area contributed by atoms with Gasteiger partial charge in [0.15, 0.2) is 0 Å². The van der Waals surface area contributed by atoms with Crippen molar-refractivity contribution < 1.29 is 14.6 Å². The van der Waals surface area contributed by atoms with Crippen molar-refractivity contribution >= 4 is 22.0 Å². The number of hydrogen-bond acceptors (Lipinski definition) is 3. The van der Waals surface area contributed by atoms with Crippen molar-refractivity contribution in [3.63, 3.8) is 0 Å². The Balaban J connectivity index is 2.20. The Morgan fingerprint density at radius 2 is 2.08 bits per heavy atom. The maximum Gasteiger partial charge on any atom is 0.407 e. The standard InChI is InChI=1S/C17H17BrN2O4/c1-10-7-14(15(24-2)8-12(10)18)20-13-5-6-19(17(22)23)9-11(13)3-4-16(20)21/h3-4,7-8H,5-6,9H2,1-2H3,(H,22,23). The van der Waals surface area contributed by atoms with Crippen molar-refractivity contribution in [3.8, 4) is 11.4 Å². The lowest BCUT2D eigenvalue weighted by atomic mass is 10.0. The molecule has 1 aliphatic heterocycles. The van der Waals surface area contributed by atoms with Gasteiger partial charge in [0.25, 0.3) is 5.56 Å². The van der Waals surface area contributed by atoms with Crippen LogP contribution in [0.3, 0.4) is 0 Å². The van der Waals surface area contributed by atoms with E-state index in [-0.39, 0.29) is 12.1 Å². The average Bonchev–Trinajstić information content (AvgIpc) is 2.56. The molecule has 2 aromatic rings. The molecule has 24 heavy (non-hydrogen) atoms. The Labute approximate surface area is 147 Å². The van der Waals surface area contributed by atoms with Gasteiger partial charge in [0.05, 0.1) is 19.3 Å². The molecule has 0 aliphatic carbocycles. The van der Waals surface area contributed by atoms with Crippen molar-refractivity contribution in [3.05, 3.63) is 55.9 Å². The number of hydrogen-bond donors (Lipinski definition) is 1. The van der Waals surface area contributed by atoms with Crippen molar-refractivity contribution in [2.24, 2.45) is 0 Å². The number of fused-ring (bicyclic) bond motifs is 1. The molecule has 6 nitrogen and oxygen atoms in total. The van der Waals surface area contributed by atoms with E-state index in [1.165, 1.54) is 11.0 Å². The van der Waals surface area contributed by atoms with Crippen LogP contribution < -0.4 is 10.3 Å². The number of rotatable bonds is 2. The van der Waals surface area contributed by atoms with E-state index in [1.54, 1.807) is 17.7 Å². The van der Waals surface area contributed by atoms with E-state index >= 15 is 0 Å². The third kappa shape index (κ3) is 2.80. The summed E-state index contributed by atoms with van der Waals surface area (Å²) in [5, 5.41) is 9.19. The largest absolute Gasteiger partial charge is 0.495 e. The number of amides is 1. The van der Waals surface area contributed by atoms with Crippen LogP contribution in [0.4, 0.5) is 4.79 Å². The molecule has 1 aromatic heterocycles. The highest BCUT2D eigenvalue weighted by Gasteiger charge is 2.24. The smallest absolute Gasteiger partial charge is 0.407 e. The quantitative estimate of drug-likeness (QED) is 0.852. The molecule has 126 valence electrons. The van der Waals surface area contributed by atoms with Crippen molar-refractivity contribution in [2.75, 3.05) is 13.7 Å². The first-order valence-corrected chi connectivity index (χ1v) is 8.28. The van der Waals surface area contributed by atoms with Gasteiger partial charge in [0.1, 0.15) is 5.75 Å². The molecule has 0 spiro atoms. The normalized spacial score (nSPS) is 13.5. The molecule has 0 radical (unpaired) electrons. The minimum atomic E-state index is -0.949. The van der Waals surface area contributed by atoms with Crippen LogP contribution in [-0.4, -0.2) is 34.3 Å². The number of pyridine rings is 1. The Bertz CT molecular complexity index is 876. The second-order valence-corrected chi connectivity index (χ2v) is 6.56. The first-order valence-electron chi connectivity index (χ1n) is 7.48. The van der Waals surface area contributed by atoms with Gasteiger partial charge in [0.2, 0.25) is 0 Å². The molecule has 1 amide bonds. The number of aryl methyl sites for hydroxylation is 1. The summed E-state index contributed by atoms with van der Waals surface area (Å²) in [5.74, 6) is 0.587. The van der Waals surface area contributed by atoms with Gasteiger partial charge in [-0.05, 0) is 36.2 Å². The van der Waals surface area contributed by atoms with Gasteiger partial charge in [0, 0.05) is 29.2 Å². The van der Waals surface area contributed by atoms with Crippen LogP contribution >= 0.6 is 15.9 Å².